The van der Waals surface area contributed by atoms with E-state index < -0.39 is 41.8 Å². The van der Waals surface area contributed by atoms with Crippen LogP contribution in [0.5, 0.6) is 0 Å². The number of aliphatic hydroxyl groups is 1. The van der Waals surface area contributed by atoms with Gasteiger partial charge in [-0.25, -0.2) is 4.79 Å². The van der Waals surface area contributed by atoms with Gasteiger partial charge in [-0.1, -0.05) is 26.7 Å². The Kier molecular flexibility index (Phi) is 7.20. The van der Waals surface area contributed by atoms with Crippen molar-refractivity contribution >= 4 is 17.9 Å². The molecule has 2 unspecified atom stereocenters. The fourth-order valence-corrected chi connectivity index (χ4v) is 2.56. The van der Waals surface area contributed by atoms with Crippen molar-refractivity contribution in [3.63, 3.8) is 0 Å². The van der Waals surface area contributed by atoms with Crippen LogP contribution in [0.1, 0.15) is 46.0 Å². The van der Waals surface area contributed by atoms with Gasteiger partial charge in [0.15, 0.2) is 5.60 Å². The van der Waals surface area contributed by atoms with Crippen LogP contribution in [-0.2, 0) is 14.4 Å². The molecular weight excluding hydrogens is 268 g/mol. The zero-order valence-electron chi connectivity index (χ0n) is 11.7. The van der Waals surface area contributed by atoms with Crippen LogP contribution in [0.15, 0.2) is 0 Å². The lowest BCUT2D eigenvalue weighted by atomic mass is 9.73. The molecule has 0 aliphatic heterocycles. The molecule has 4 N–H and O–H groups in total. The average molecular weight is 290 g/mol. The van der Waals surface area contributed by atoms with Crippen LogP contribution in [0, 0.1) is 11.8 Å². The van der Waals surface area contributed by atoms with Gasteiger partial charge in [-0.3, -0.25) is 9.59 Å². The van der Waals surface area contributed by atoms with Crippen LogP contribution in [-0.4, -0.2) is 43.9 Å². The van der Waals surface area contributed by atoms with Crippen LogP contribution in [0.2, 0.25) is 0 Å². The molecule has 0 aromatic carbocycles. The SMILES string of the molecule is CCCC(CCC)C(C(=O)O)C(O)(CC(=O)O)C(=O)O. The fourth-order valence-electron chi connectivity index (χ4n) is 2.56. The lowest BCUT2D eigenvalue weighted by Gasteiger charge is -2.34. The minimum absolute atomic E-state index is 0.417. The number of aliphatic carboxylic acids is 3. The molecule has 0 fully saturated rings. The highest BCUT2D eigenvalue weighted by molar-refractivity contribution is 5.89. The van der Waals surface area contributed by atoms with E-state index in [2.05, 4.69) is 0 Å². The van der Waals surface area contributed by atoms with Crippen molar-refractivity contribution in [1.82, 2.24) is 0 Å². The minimum atomic E-state index is -2.80. The maximum Gasteiger partial charge on any atom is 0.337 e. The molecule has 0 radical (unpaired) electrons. The summed E-state index contributed by atoms with van der Waals surface area (Å²) in [6.07, 6.45) is 0.942. The summed E-state index contributed by atoms with van der Waals surface area (Å²) in [5.74, 6) is -7.07. The molecule has 0 aromatic rings. The first-order valence-electron chi connectivity index (χ1n) is 6.61. The van der Waals surface area contributed by atoms with Crippen molar-refractivity contribution in [2.75, 3.05) is 0 Å². The maximum absolute atomic E-state index is 11.4. The number of carbonyl (C=O) groups is 3. The number of hydrogen-bond donors (Lipinski definition) is 4. The van der Waals surface area contributed by atoms with E-state index in [4.69, 9.17) is 10.2 Å². The van der Waals surface area contributed by atoms with Gasteiger partial charge in [0.25, 0.3) is 0 Å². The lowest BCUT2D eigenvalue weighted by Crippen LogP contribution is -2.53. The Morgan fingerprint density at radius 2 is 1.45 bits per heavy atom. The van der Waals surface area contributed by atoms with Gasteiger partial charge < -0.3 is 20.4 Å². The molecule has 0 heterocycles. The molecule has 7 heteroatoms. The molecule has 0 saturated carbocycles. The second-order valence-electron chi connectivity index (χ2n) is 4.95. The lowest BCUT2D eigenvalue weighted by molar-refractivity contribution is -0.183. The Labute approximate surface area is 117 Å². The Morgan fingerprint density at radius 3 is 1.70 bits per heavy atom. The average Bonchev–Trinajstić information content (AvgIpc) is 2.27. The number of hydrogen-bond acceptors (Lipinski definition) is 4. The van der Waals surface area contributed by atoms with E-state index in [1.165, 1.54) is 0 Å². The van der Waals surface area contributed by atoms with E-state index in [9.17, 15) is 24.6 Å². The van der Waals surface area contributed by atoms with Gasteiger partial charge >= 0.3 is 17.9 Å². The summed E-state index contributed by atoms with van der Waals surface area (Å²) in [5.41, 5.74) is -2.80. The van der Waals surface area contributed by atoms with E-state index in [-0.39, 0.29) is 0 Å². The summed E-state index contributed by atoms with van der Waals surface area (Å²) in [6.45, 7) is 3.64. The molecule has 0 bridgehead atoms. The van der Waals surface area contributed by atoms with Crippen LogP contribution >= 0.6 is 0 Å². The van der Waals surface area contributed by atoms with E-state index in [0.29, 0.717) is 25.7 Å². The highest BCUT2D eigenvalue weighted by Gasteiger charge is 2.52. The molecule has 116 valence electrons. The number of carboxylic acid groups (broad SMARTS) is 3. The van der Waals surface area contributed by atoms with Crippen LogP contribution in [0.25, 0.3) is 0 Å². The highest BCUT2D eigenvalue weighted by Crippen LogP contribution is 2.34. The number of rotatable bonds is 10. The molecule has 7 nitrogen and oxygen atoms in total. The zero-order chi connectivity index (χ0) is 15.9. The van der Waals surface area contributed by atoms with Gasteiger partial charge in [-0.2, -0.15) is 0 Å². The van der Waals surface area contributed by atoms with Crippen molar-refractivity contribution in [2.24, 2.45) is 11.8 Å². The first-order chi connectivity index (χ1) is 9.20. The summed E-state index contributed by atoms with van der Waals surface area (Å²) in [7, 11) is 0. The third kappa shape index (κ3) is 4.48. The smallest absolute Gasteiger partial charge is 0.337 e. The minimum Gasteiger partial charge on any atom is -0.481 e. The summed E-state index contributed by atoms with van der Waals surface area (Å²) in [6, 6.07) is 0. The summed E-state index contributed by atoms with van der Waals surface area (Å²) in [5, 5.41) is 37.3. The van der Waals surface area contributed by atoms with Crippen LogP contribution in [0.3, 0.4) is 0 Å². The molecule has 2 atom stereocenters. The molecule has 0 aromatic heterocycles. The molecular formula is C13H22O7. The Hall–Kier alpha value is -1.63. The normalized spacial score (nSPS) is 15.6. The van der Waals surface area contributed by atoms with Crippen molar-refractivity contribution in [1.29, 1.82) is 0 Å². The predicted molar refractivity (Wildman–Crippen MR) is 69.3 cm³/mol. The summed E-state index contributed by atoms with van der Waals surface area (Å²) >= 11 is 0. The molecule has 20 heavy (non-hydrogen) atoms. The fraction of sp³-hybridized carbons (Fsp3) is 0.769. The zero-order valence-corrected chi connectivity index (χ0v) is 11.7. The monoisotopic (exact) mass is 290 g/mol. The molecule has 0 rings (SSSR count). The first-order valence-corrected chi connectivity index (χ1v) is 6.61. The van der Waals surface area contributed by atoms with E-state index in [1.54, 1.807) is 0 Å². The Bertz CT molecular complexity index is 360. The molecule has 0 spiro atoms. The van der Waals surface area contributed by atoms with Crippen LogP contribution < -0.4 is 0 Å². The van der Waals surface area contributed by atoms with Gasteiger partial charge in [0.2, 0.25) is 0 Å². The van der Waals surface area contributed by atoms with E-state index >= 15 is 0 Å². The highest BCUT2D eigenvalue weighted by atomic mass is 16.4. The molecule has 0 saturated heterocycles. The molecule has 0 aliphatic carbocycles. The standard InChI is InChI=1S/C13H22O7/c1-3-5-8(6-4-2)10(11(16)17)13(20,12(18)19)7-9(14)15/h8,10,20H,3-7H2,1-2H3,(H,14,15)(H,16,17)(H,18,19). The van der Waals surface area contributed by atoms with E-state index in [0.717, 1.165) is 0 Å². The van der Waals surface area contributed by atoms with Gasteiger partial charge in [0, 0.05) is 0 Å². The van der Waals surface area contributed by atoms with Crippen molar-refractivity contribution in [2.45, 2.75) is 51.6 Å². The second-order valence-corrected chi connectivity index (χ2v) is 4.95. The largest absolute Gasteiger partial charge is 0.481 e. The quantitative estimate of drug-likeness (QED) is 0.475. The third-order valence-corrected chi connectivity index (χ3v) is 3.36. The Balaban J connectivity index is 5.62. The summed E-state index contributed by atoms with van der Waals surface area (Å²) in [4.78, 5) is 33.4. The topological polar surface area (TPSA) is 132 Å². The van der Waals surface area contributed by atoms with Crippen molar-refractivity contribution < 1.29 is 34.8 Å². The maximum atomic E-state index is 11.4. The Morgan fingerprint density at radius 1 is 1.00 bits per heavy atom. The first kappa shape index (κ1) is 18.4. The predicted octanol–water partition coefficient (Wildman–Crippen LogP) is 1.19. The summed E-state index contributed by atoms with van der Waals surface area (Å²) < 4.78 is 0. The van der Waals surface area contributed by atoms with Gasteiger partial charge in [-0.05, 0) is 18.8 Å². The third-order valence-electron chi connectivity index (χ3n) is 3.36. The van der Waals surface area contributed by atoms with Gasteiger partial charge in [0.05, 0.1) is 12.3 Å². The number of carboxylic acids is 3. The van der Waals surface area contributed by atoms with Crippen LogP contribution in [0.4, 0.5) is 0 Å². The molecule has 0 amide bonds. The van der Waals surface area contributed by atoms with Gasteiger partial charge in [-0.15, -0.1) is 0 Å². The van der Waals surface area contributed by atoms with Crippen molar-refractivity contribution in [3.8, 4) is 0 Å². The molecule has 0 aliphatic rings. The van der Waals surface area contributed by atoms with E-state index in [1.807, 2.05) is 13.8 Å². The second kappa shape index (κ2) is 7.84. The van der Waals surface area contributed by atoms with Gasteiger partial charge in [0.1, 0.15) is 0 Å². The van der Waals surface area contributed by atoms with Crippen molar-refractivity contribution in [3.05, 3.63) is 0 Å².